The average Bonchev–Trinajstić information content (AvgIpc) is 2.08. The van der Waals surface area contributed by atoms with E-state index < -0.39 is 29.0 Å². The summed E-state index contributed by atoms with van der Waals surface area (Å²) in [6.07, 6.45) is 0.689. The van der Waals surface area contributed by atoms with Crippen LogP contribution in [0.1, 0.15) is 5.56 Å². The van der Waals surface area contributed by atoms with Gasteiger partial charge in [-0.25, -0.2) is 23.4 Å². The quantitative estimate of drug-likeness (QED) is 0.565. The summed E-state index contributed by atoms with van der Waals surface area (Å²) in [4.78, 5) is 10.2. The molecule has 4 nitrogen and oxygen atoms in total. The molecule has 0 radical (unpaired) electrons. The fourth-order valence-electron chi connectivity index (χ4n) is 0.837. The Balaban J connectivity index is 2.94. The predicted molar refractivity (Wildman–Crippen MR) is 46.6 cm³/mol. The second kappa shape index (κ2) is 4.45. The highest BCUT2D eigenvalue weighted by atomic mass is 19.1. The maximum absolute atomic E-state index is 12.9. The maximum Gasteiger partial charge on any atom is 0.332 e. The number of benzene rings is 1. The minimum atomic E-state index is -1.12. The van der Waals surface area contributed by atoms with E-state index in [0.717, 1.165) is 0 Å². The van der Waals surface area contributed by atoms with Gasteiger partial charge in [0.2, 0.25) is 0 Å². The smallest absolute Gasteiger partial charge is 0.332 e. The lowest BCUT2D eigenvalue weighted by Gasteiger charge is -1.98. The second-order valence-corrected chi connectivity index (χ2v) is 2.52. The van der Waals surface area contributed by atoms with E-state index >= 15 is 0 Å². The highest BCUT2D eigenvalue weighted by Gasteiger charge is 2.08. The van der Waals surface area contributed by atoms with Gasteiger partial charge in [0.05, 0.1) is 11.8 Å². The van der Waals surface area contributed by atoms with Gasteiger partial charge in [0, 0.05) is 12.1 Å². The number of urea groups is 1. The Morgan fingerprint density at radius 1 is 1.33 bits per heavy atom. The monoisotopic (exact) mass is 217 g/mol. The van der Waals surface area contributed by atoms with Crippen LogP contribution < -0.4 is 11.2 Å². The summed E-state index contributed by atoms with van der Waals surface area (Å²) in [6, 6.07) is 0.0119. The number of hydrogen-bond acceptors (Lipinski definition) is 2. The molecule has 1 aromatic carbocycles. The summed E-state index contributed by atoms with van der Waals surface area (Å²) >= 11 is 0. The Bertz CT molecular complexity index is 397. The van der Waals surface area contributed by atoms with Crippen molar-refractivity contribution in [2.75, 3.05) is 0 Å². The molecule has 0 heterocycles. The number of nitrogens with two attached hydrogens (primary N) is 1. The van der Waals surface area contributed by atoms with Gasteiger partial charge >= 0.3 is 6.03 Å². The molecule has 7 heteroatoms. The first kappa shape index (κ1) is 11.0. The molecule has 0 unspecified atom stereocenters. The lowest BCUT2D eigenvalue weighted by Crippen LogP contribution is -2.24. The number of primary amides is 1. The van der Waals surface area contributed by atoms with Gasteiger partial charge in [-0.05, 0) is 0 Å². The first-order valence-electron chi connectivity index (χ1n) is 3.73. The number of carbonyl (C=O) groups excluding carboxylic acids is 1. The largest absolute Gasteiger partial charge is 0.350 e. The van der Waals surface area contributed by atoms with Crippen molar-refractivity contribution < 1.29 is 18.0 Å². The number of nitrogens with zero attached hydrogens (tertiary/aromatic N) is 1. The molecular weight excluding hydrogens is 211 g/mol. The van der Waals surface area contributed by atoms with Gasteiger partial charge in [0.1, 0.15) is 17.5 Å². The topological polar surface area (TPSA) is 67.5 Å². The van der Waals surface area contributed by atoms with Crippen molar-refractivity contribution in [2.45, 2.75) is 0 Å². The minimum absolute atomic E-state index is 0.495. The van der Waals surface area contributed by atoms with Crippen molar-refractivity contribution in [3.8, 4) is 0 Å². The third-order valence-electron chi connectivity index (χ3n) is 1.41. The first-order valence-corrected chi connectivity index (χ1v) is 3.73. The highest BCUT2D eigenvalue weighted by molar-refractivity contribution is 5.82. The molecule has 0 atom stereocenters. The van der Waals surface area contributed by atoms with Gasteiger partial charge in [-0.15, -0.1) is 0 Å². The lowest BCUT2D eigenvalue weighted by molar-refractivity contribution is 0.249. The van der Waals surface area contributed by atoms with Crippen LogP contribution in [0.2, 0.25) is 0 Å². The molecule has 15 heavy (non-hydrogen) atoms. The van der Waals surface area contributed by atoms with Crippen LogP contribution in [-0.2, 0) is 0 Å². The number of halogens is 3. The standard InChI is InChI=1S/C8H6F3N3O/c9-4-1-6(10)5(7(11)2-4)3-13-14-8(12)15/h1-3H,(H3,12,14,15). The van der Waals surface area contributed by atoms with Gasteiger partial charge in [-0.2, -0.15) is 5.10 Å². The Labute approximate surface area is 82.6 Å². The summed E-state index contributed by atoms with van der Waals surface area (Å²) in [7, 11) is 0. The number of hydrogen-bond donors (Lipinski definition) is 2. The molecule has 1 rings (SSSR count). The van der Waals surface area contributed by atoms with Crippen LogP contribution in [0, 0.1) is 17.5 Å². The Hall–Kier alpha value is -2.05. The summed E-state index contributed by atoms with van der Waals surface area (Å²) in [5, 5.41) is 3.14. The third kappa shape index (κ3) is 2.97. The van der Waals surface area contributed by atoms with E-state index in [1.807, 2.05) is 0 Å². The van der Waals surface area contributed by atoms with Crippen LogP contribution >= 0.6 is 0 Å². The normalized spacial score (nSPS) is 10.6. The highest BCUT2D eigenvalue weighted by Crippen LogP contribution is 2.12. The molecule has 1 aromatic rings. The molecule has 2 amide bonds. The molecule has 0 spiro atoms. The summed E-state index contributed by atoms with van der Waals surface area (Å²) in [5.74, 6) is -3.28. The second-order valence-electron chi connectivity index (χ2n) is 2.52. The first-order chi connectivity index (χ1) is 7.00. The SMILES string of the molecule is NC(=O)NN=Cc1c(F)cc(F)cc1F. The van der Waals surface area contributed by atoms with E-state index in [-0.39, 0.29) is 0 Å². The van der Waals surface area contributed by atoms with Crippen molar-refractivity contribution in [3.05, 3.63) is 35.1 Å². The Kier molecular flexibility index (Phi) is 3.27. The fourth-order valence-corrected chi connectivity index (χ4v) is 0.837. The Morgan fingerprint density at radius 2 is 1.87 bits per heavy atom. The van der Waals surface area contributed by atoms with Crippen molar-refractivity contribution >= 4 is 12.2 Å². The maximum atomic E-state index is 12.9. The van der Waals surface area contributed by atoms with Crippen LogP contribution in [0.4, 0.5) is 18.0 Å². The summed E-state index contributed by atoms with van der Waals surface area (Å²) < 4.78 is 38.3. The van der Waals surface area contributed by atoms with Gasteiger partial charge in [-0.1, -0.05) is 0 Å². The molecule has 0 aromatic heterocycles. The number of hydrazone groups is 1. The molecule has 0 saturated carbocycles. The van der Waals surface area contributed by atoms with E-state index in [9.17, 15) is 18.0 Å². The van der Waals surface area contributed by atoms with Gasteiger partial charge < -0.3 is 5.73 Å². The number of nitrogens with one attached hydrogen (secondary N) is 1. The van der Waals surface area contributed by atoms with E-state index in [1.165, 1.54) is 0 Å². The van der Waals surface area contributed by atoms with Crippen LogP contribution in [-0.4, -0.2) is 12.2 Å². The van der Waals surface area contributed by atoms with Gasteiger partial charge in [0.15, 0.2) is 0 Å². The number of carbonyl (C=O) groups is 1. The summed E-state index contributed by atoms with van der Waals surface area (Å²) in [5.41, 5.74) is 5.83. The molecule has 3 N–H and O–H groups in total. The molecular formula is C8H6F3N3O. The molecule has 80 valence electrons. The van der Waals surface area contributed by atoms with E-state index in [1.54, 1.807) is 5.43 Å². The minimum Gasteiger partial charge on any atom is -0.350 e. The lowest BCUT2D eigenvalue weighted by atomic mass is 10.2. The van der Waals surface area contributed by atoms with Crippen molar-refractivity contribution in [2.24, 2.45) is 10.8 Å². The van der Waals surface area contributed by atoms with Crippen LogP contribution in [0.3, 0.4) is 0 Å². The fraction of sp³-hybridized carbons (Fsp3) is 0. The number of rotatable bonds is 2. The van der Waals surface area contributed by atoms with Crippen molar-refractivity contribution in [3.63, 3.8) is 0 Å². The predicted octanol–water partition coefficient (Wildman–Crippen LogP) is 1.11. The van der Waals surface area contributed by atoms with Gasteiger partial charge in [0.25, 0.3) is 0 Å². The molecule has 0 fully saturated rings. The van der Waals surface area contributed by atoms with E-state index in [2.05, 4.69) is 10.8 Å². The summed E-state index contributed by atoms with van der Waals surface area (Å²) in [6.45, 7) is 0. The van der Waals surface area contributed by atoms with Crippen LogP contribution in [0.5, 0.6) is 0 Å². The zero-order chi connectivity index (χ0) is 11.4. The Morgan fingerprint density at radius 3 is 2.33 bits per heavy atom. The molecule has 0 saturated heterocycles. The molecule has 0 aliphatic heterocycles. The van der Waals surface area contributed by atoms with E-state index in [4.69, 9.17) is 0 Å². The van der Waals surface area contributed by atoms with Crippen LogP contribution in [0.25, 0.3) is 0 Å². The number of amides is 2. The molecule has 0 aliphatic rings. The molecule has 0 aliphatic carbocycles. The van der Waals surface area contributed by atoms with Crippen molar-refractivity contribution in [1.82, 2.24) is 5.43 Å². The van der Waals surface area contributed by atoms with Gasteiger partial charge in [-0.3, -0.25) is 0 Å². The zero-order valence-corrected chi connectivity index (χ0v) is 7.30. The average molecular weight is 217 g/mol. The zero-order valence-electron chi connectivity index (χ0n) is 7.30. The molecule has 0 bridgehead atoms. The third-order valence-corrected chi connectivity index (χ3v) is 1.41. The van der Waals surface area contributed by atoms with Crippen molar-refractivity contribution in [1.29, 1.82) is 0 Å². The van der Waals surface area contributed by atoms with Crippen LogP contribution in [0.15, 0.2) is 17.2 Å². The van der Waals surface area contributed by atoms with E-state index in [0.29, 0.717) is 18.3 Å².